The number of methoxy groups -OCH3 is 1. The van der Waals surface area contributed by atoms with Gasteiger partial charge in [-0.3, -0.25) is 0 Å². The second kappa shape index (κ2) is 7.37. The van der Waals surface area contributed by atoms with Crippen LogP contribution in [-0.2, 0) is 0 Å². The molecule has 0 aliphatic rings. The molecule has 0 aromatic heterocycles. The topological polar surface area (TPSA) is 53.2 Å². The number of hydrogen-bond acceptors (Lipinski definition) is 3. The van der Waals surface area contributed by atoms with E-state index in [2.05, 4.69) is 12.0 Å². The number of unbranched alkanes of at least 4 members (excludes halogenated alkanes) is 1. The first-order valence-corrected chi connectivity index (χ1v) is 5.88. The zero-order chi connectivity index (χ0) is 13.4. The van der Waals surface area contributed by atoms with Crippen LogP contribution in [0.25, 0.3) is 0 Å². The lowest BCUT2D eigenvalue weighted by Crippen LogP contribution is -2.17. The van der Waals surface area contributed by atoms with E-state index in [1.165, 1.54) is 0 Å². The maximum absolute atomic E-state index is 9.99. The largest absolute Gasteiger partial charge is 0.497 e. The van der Waals surface area contributed by atoms with Crippen LogP contribution in [0.5, 0.6) is 5.75 Å². The Hall–Kier alpha value is -1.97. The van der Waals surface area contributed by atoms with Crippen molar-refractivity contribution in [2.45, 2.75) is 31.3 Å². The van der Waals surface area contributed by atoms with E-state index in [0.29, 0.717) is 12.8 Å². The smallest absolute Gasteiger partial charge is 0.118 e. The van der Waals surface area contributed by atoms with Gasteiger partial charge in [-0.1, -0.05) is 12.1 Å². The molecule has 2 unspecified atom stereocenters. The molecule has 0 amide bonds. The Kier molecular flexibility index (Phi) is 5.77. The van der Waals surface area contributed by atoms with E-state index >= 15 is 0 Å². The highest BCUT2D eigenvalue weighted by Gasteiger charge is 2.20. The average Bonchev–Trinajstić information content (AvgIpc) is 2.41. The highest BCUT2D eigenvalue weighted by atomic mass is 16.5. The first-order valence-electron chi connectivity index (χ1n) is 5.88. The normalized spacial score (nSPS) is 13.1. The number of nitrogens with zero attached hydrogens (tertiary/aromatic N) is 1. The Morgan fingerprint density at radius 3 is 2.56 bits per heavy atom. The number of ether oxygens (including phenoxy) is 1. The maximum Gasteiger partial charge on any atom is 0.118 e. The molecule has 0 aliphatic heterocycles. The molecule has 3 heteroatoms. The Morgan fingerprint density at radius 2 is 2.06 bits per heavy atom. The predicted molar refractivity (Wildman–Crippen MR) is 70.0 cm³/mol. The summed E-state index contributed by atoms with van der Waals surface area (Å²) in [7, 11) is 1.59. The van der Waals surface area contributed by atoms with Crippen LogP contribution in [0, 0.1) is 23.7 Å². The number of rotatable bonds is 6. The van der Waals surface area contributed by atoms with E-state index in [9.17, 15) is 5.11 Å². The Morgan fingerprint density at radius 1 is 1.39 bits per heavy atom. The molecule has 0 spiro atoms. The zero-order valence-corrected chi connectivity index (χ0v) is 10.5. The number of hydrogen-bond donors (Lipinski definition) is 1. The van der Waals surface area contributed by atoms with Crippen LogP contribution in [-0.4, -0.2) is 18.3 Å². The van der Waals surface area contributed by atoms with Crippen LogP contribution in [0.2, 0.25) is 0 Å². The van der Waals surface area contributed by atoms with E-state index in [-0.39, 0.29) is 0 Å². The molecule has 0 saturated carbocycles. The van der Waals surface area contributed by atoms with Crippen LogP contribution in [0.1, 0.15) is 30.7 Å². The fourth-order valence-corrected chi connectivity index (χ4v) is 1.77. The van der Waals surface area contributed by atoms with E-state index in [4.69, 9.17) is 16.4 Å². The standard InChI is InChI=1S/C15H17NO2/c1-3-4-5-6-15(17)14(11-16)12-7-9-13(18-2)10-8-12/h1,7-10,14-15,17H,4-6H2,2H3. The van der Waals surface area contributed by atoms with E-state index in [1.54, 1.807) is 31.4 Å². The van der Waals surface area contributed by atoms with Crippen LogP contribution >= 0.6 is 0 Å². The van der Waals surface area contributed by atoms with Crippen LogP contribution in [0.15, 0.2) is 24.3 Å². The summed E-state index contributed by atoms with van der Waals surface area (Å²) in [6, 6.07) is 9.32. The van der Waals surface area contributed by atoms with Crippen LogP contribution < -0.4 is 4.74 Å². The third-order valence-electron chi connectivity index (χ3n) is 2.82. The second-order valence-electron chi connectivity index (χ2n) is 4.04. The summed E-state index contributed by atoms with van der Waals surface area (Å²) in [6.07, 6.45) is 6.36. The average molecular weight is 243 g/mol. The molecule has 0 bridgehead atoms. The Bertz CT molecular complexity index is 439. The predicted octanol–water partition coefficient (Wildman–Crippen LogP) is 2.47. The van der Waals surface area contributed by atoms with Gasteiger partial charge in [-0.25, -0.2) is 0 Å². The molecule has 0 fully saturated rings. The molecule has 2 atom stereocenters. The van der Waals surface area contributed by atoms with Crippen molar-refractivity contribution in [1.82, 2.24) is 0 Å². The summed E-state index contributed by atoms with van der Waals surface area (Å²) in [5.41, 5.74) is 0.798. The SMILES string of the molecule is C#CCCCC(O)C(C#N)c1ccc(OC)cc1. The quantitative estimate of drug-likeness (QED) is 0.617. The molecule has 3 nitrogen and oxygen atoms in total. The van der Waals surface area contributed by atoms with Crippen molar-refractivity contribution >= 4 is 0 Å². The van der Waals surface area contributed by atoms with Gasteiger partial charge in [0.25, 0.3) is 0 Å². The molecular weight excluding hydrogens is 226 g/mol. The fourth-order valence-electron chi connectivity index (χ4n) is 1.77. The van der Waals surface area contributed by atoms with Crippen molar-refractivity contribution in [1.29, 1.82) is 5.26 Å². The molecule has 1 aromatic carbocycles. The van der Waals surface area contributed by atoms with Crippen molar-refractivity contribution in [2.75, 3.05) is 7.11 Å². The second-order valence-corrected chi connectivity index (χ2v) is 4.04. The van der Waals surface area contributed by atoms with Gasteiger partial charge in [-0.05, 0) is 30.5 Å². The molecule has 0 heterocycles. The first kappa shape index (κ1) is 14.1. The maximum atomic E-state index is 9.99. The summed E-state index contributed by atoms with van der Waals surface area (Å²) >= 11 is 0. The van der Waals surface area contributed by atoms with Crippen molar-refractivity contribution in [3.63, 3.8) is 0 Å². The molecule has 94 valence electrons. The van der Waals surface area contributed by atoms with Crippen LogP contribution in [0.4, 0.5) is 0 Å². The van der Waals surface area contributed by atoms with Crippen molar-refractivity contribution in [2.24, 2.45) is 0 Å². The molecule has 1 N–H and O–H groups in total. The third-order valence-corrected chi connectivity index (χ3v) is 2.82. The van der Waals surface area contributed by atoms with Gasteiger partial charge in [0.2, 0.25) is 0 Å². The van der Waals surface area contributed by atoms with Gasteiger partial charge >= 0.3 is 0 Å². The van der Waals surface area contributed by atoms with Gasteiger partial charge in [0.1, 0.15) is 5.75 Å². The first-order chi connectivity index (χ1) is 8.72. The van der Waals surface area contributed by atoms with Crippen molar-refractivity contribution < 1.29 is 9.84 Å². The highest BCUT2D eigenvalue weighted by molar-refractivity contribution is 5.32. The number of benzene rings is 1. The van der Waals surface area contributed by atoms with Gasteiger partial charge in [0, 0.05) is 6.42 Å². The van der Waals surface area contributed by atoms with Crippen molar-refractivity contribution in [3.8, 4) is 24.2 Å². The fraction of sp³-hybridized carbons (Fsp3) is 0.400. The zero-order valence-electron chi connectivity index (χ0n) is 10.5. The van der Waals surface area contributed by atoms with E-state index in [0.717, 1.165) is 17.7 Å². The van der Waals surface area contributed by atoms with Gasteiger partial charge in [-0.15, -0.1) is 12.3 Å². The monoisotopic (exact) mass is 243 g/mol. The summed E-state index contributed by atoms with van der Waals surface area (Å²) in [4.78, 5) is 0. The summed E-state index contributed by atoms with van der Waals surface area (Å²) in [5, 5.41) is 19.1. The number of aliphatic hydroxyl groups excluding tert-OH is 1. The molecule has 1 aromatic rings. The molecule has 0 radical (unpaired) electrons. The van der Waals surface area contributed by atoms with E-state index < -0.39 is 12.0 Å². The number of aliphatic hydroxyl groups is 1. The van der Waals surface area contributed by atoms with Gasteiger partial charge in [0.15, 0.2) is 0 Å². The third kappa shape index (κ3) is 3.80. The summed E-state index contributed by atoms with van der Waals surface area (Å²) in [6.45, 7) is 0. The van der Waals surface area contributed by atoms with Crippen LogP contribution in [0.3, 0.4) is 0 Å². The molecular formula is C15H17NO2. The molecule has 0 aliphatic carbocycles. The molecule has 0 saturated heterocycles. The number of terminal acetylenes is 1. The minimum atomic E-state index is -0.684. The van der Waals surface area contributed by atoms with Gasteiger partial charge in [0.05, 0.1) is 25.2 Å². The van der Waals surface area contributed by atoms with Gasteiger partial charge in [-0.2, -0.15) is 5.26 Å². The Balaban J connectivity index is 2.70. The minimum Gasteiger partial charge on any atom is -0.497 e. The summed E-state index contributed by atoms with van der Waals surface area (Å²) < 4.78 is 5.05. The molecule has 1 rings (SSSR count). The lowest BCUT2D eigenvalue weighted by Gasteiger charge is -2.16. The van der Waals surface area contributed by atoms with Gasteiger partial charge < -0.3 is 9.84 Å². The molecule has 18 heavy (non-hydrogen) atoms. The number of nitriles is 1. The lowest BCUT2D eigenvalue weighted by atomic mass is 9.92. The minimum absolute atomic E-state index is 0.520. The van der Waals surface area contributed by atoms with E-state index in [1.807, 2.05) is 0 Å². The lowest BCUT2D eigenvalue weighted by molar-refractivity contribution is 0.149. The van der Waals surface area contributed by atoms with Crippen molar-refractivity contribution in [3.05, 3.63) is 29.8 Å². The highest BCUT2D eigenvalue weighted by Crippen LogP contribution is 2.24. The summed E-state index contributed by atoms with van der Waals surface area (Å²) in [5.74, 6) is 2.74. The Labute approximate surface area is 108 Å².